The summed E-state index contributed by atoms with van der Waals surface area (Å²) in [6, 6.07) is 40.6. The number of halogens is 2. The quantitative estimate of drug-likeness (QED) is 0.293. The Kier molecular flexibility index (Phi) is 9.45. The standard InChI is InChI=1S/C15H14.C13H9.C5H5.2BrH.Zr/c1-3-8-14(9-4-1)12-7-13-15-10-5-2-6-11-15;1-3-7-12-10(5-1)9-11-6-2-4-8-13(11)12;1-2-4-5-3-1;;;/h1-6,8-11H,12-13H2;1-9H;1-3H,4H2;2*1H;/q;;;;;+2/p-2. The number of hydrogen-bond donors (Lipinski definition) is 0. The zero-order chi connectivity index (χ0) is 22.7. The van der Waals surface area contributed by atoms with E-state index >= 15 is 0 Å². The van der Waals surface area contributed by atoms with E-state index in [-0.39, 0.29) is 34.0 Å². The van der Waals surface area contributed by atoms with E-state index in [1.807, 2.05) is 0 Å². The smallest absolute Gasteiger partial charge is 1.00 e. The summed E-state index contributed by atoms with van der Waals surface area (Å²) in [5, 5.41) is 0. The molecule has 0 radical (unpaired) electrons. The molecule has 0 aromatic heterocycles. The van der Waals surface area contributed by atoms with Gasteiger partial charge in [0.05, 0.1) is 0 Å². The number of hydrogen-bond acceptors (Lipinski definition) is 0. The van der Waals surface area contributed by atoms with Crippen molar-refractivity contribution in [1.82, 2.24) is 0 Å². The summed E-state index contributed by atoms with van der Waals surface area (Å²) in [7, 11) is 0. The van der Waals surface area contributed by atoms with Gasteiger partial charge in [-0.15, -0.1) is 0 Å². The predicted molar refractivity (Wildman–Crippen MR) is 141 cm³/mol. The van der Waals surface area contributed by atoms with Crippen LogP contribution in [0.25, 0.3) is 11.1 Å². The molecule has 0 spiro atoms. The fourth-order valence-electron chi connectivity index (χ4n) is 5.67. The molecule has 0 aliphatic heterocycles. The molecule has 3 heteroatoms. The molecule has 36 heavy (non-hydrogen) atoms. The first-order valence-electron chi connectivity index (χ1n) is 12.2. The fourth-order valence-corrected chi connectivity index (χ4v) is 14.9. The first-order valence-corrected chi connectivity index (χ1v) is 16.1. The van der Waals surface area contributed by atoms with Crippen LogP contribution in [-0.2, 0) is 34.1 Å². The van der Waals surface area contributed by atoms with Crippen molar-refractivity contribution in [2.75, 3.05) is 0 Å². The number of fused-ring (bicyclic) bond motifs is 3. The van der Waals surface area contributed by atoms with Crippen LogP contribution in [0.3, 0.4) is 0 Å². The molecule has 4 aromatic carbocycles. The molecule has 0 amide bonds. The monoisotopic (exact) mass is 672 g/mol. The van der Waals surface area contributed by atoms with Crippen molar-refractivity contribution in [2.24, 2.45) is 0 Å². The number of benzene rings is 4. The number of rotatable bonds is 6. The van der Waals surface area contributed by atoms with Gasteiger partial charge in [-0.05, 0) is 0 Å². The van der Waals surface area contributed by atoms with E-state index in [9.17, 15) is 0 Å². The van der Waals surface area contributed by atoms with Crippen LogP contribution in [-0.4, -0.2) is 3.21 Å². The SMILES string of the molecule is C1=CC[C]([Zr+2](=[C](Cc2ccccc2)Cc2ccccc2)[CH]2c3ccccc3-c3ccccc32)=C1.[Br-].[Br-]. The average Bonchev–Trinajstić information content (AvgIpc) is 3.53. The summed E-state index contributed by atoms with van der Waals surface area (Å²) < 4.78 is 4.08. The molecule has 0 fully saturated rings. The Morgan fingerprint density at radius 2 is 1.08 bits per heavy atom. The molecule has 0 atom stereocenters. The third-order valence-electron chi connectivity index (χ3n) is 7.14. The predicted octanol–water partition coefficient (Wildman–Crippen LogP) is 1.88. The Balaban J connectivity index is 0.00000152. The minimum absolute atomic E-state index is 0. The second kappa shape index (κ2) is 12.5. The Labute approximate surface area is 243 Å². The van der Waals surface area contributed by atoms with Gasteiger partial charge in [0.2, 0.25) is 0 Å². The summed E-state index contributed by atoms with van der Waals surface area (Å²) in [5.41, 5.74) is 8.91. The summed E-state index contributed by atoms with van der Waals surface area (Å²) >= 11 is -2.35. The summed E-state index contributed by atoms with van der Waals surface area (Å²) in [5.74, 6) is 0. The Hall–Kier alpha value is -1.93. The molecule has 0 saturated carbocycles. The normalized spacial score (nSPS) is 12.9. The van der Waals surface area contributed by atoms with Crippen LogP contribution >= 0.6 is 0 Å². The Bertz CT molecular complexity index is 1330. The van der Waals surface area contributed by atoms with E-state index in [0.29, 0.717) is 3.63 Å². The zero-order valence-electron chi connectivity index (χ0n) is 20.1. The molecule has 0 N–H and O–H groups in total. The molecule has 2 aliphatic rings. The molecule has 0 nitrogen and oxygen atoms in total. The van der Waals surface area contributed by atoms with E-state index in [2.05, 4.69) is 127 Å². The maximum Gasteiger partial charge on any atom is -1.00 e. The van der Waals surface area contributed by atoms with Crippen molar-refractivity contribution < 1.29 is 55.2 Å². The molecular weight excluding hydrogens is 647 g/mol. The van der Waals surface area contributed by atoms with Gasteiger partial charge in [-0.25, -0.2) is 0 Å². The second-order valence-corrected chi connectivity index (χ2v) is 16.0. The van der Waals surface area contributed by atoms with Gasteiger partial charge < -0.3 is 34.0 Å². The van der Waals surface area contributed by atoms with Crippen molar-refractivity contribution in [3.63, 3.8) is 0 Å². The maximum atomic E-state index is 2.47. The Morgan fingerprint density at radius 1 is 0.611 bits per heavy atom. The van der Waals surface area contributed by atoms with Crippen molar-refractivity contribution in [3.8, 4) is 11.1 Å². The second-order valence-electron chi connectivity index (χ2n) is 9.27. The van der Waals surface area contributed by atoms with Gasteiger partial charge in [-0.1, -0.05) is 0 Å². The van der Waals surface area contributed by atoms with Crippen molar-refractivity contribution in [2.45, 2.75) is 22.9 Å². The van der Waals surface area contributed by atoms with Gasteiger partial charge >= 0.3 is 211 Å². The van der Waals surface area contributed by atoms with Gasteiger partial charge in [0, 0.05) is 0 Å². The minimum Gasteiger partial charge on any atom is -1.00 e. The largest absolute Gasteiger partial charge is 1.00 e. The van der Waals surface area contributed by atoms with E-state index in [4.69, 9.17) is 0 Å². The number of allylic oxidation sites excluding steroid dienone is 4. The zero-order valence-corrected chi connectivity index (χ0v) is 25.7. The van der Waals surface area contributed by atoms with Crippen LogP contribution in [0, 0.1) is 0 Å². The van der Waals surface area contributed by atoms with Crippen molar-refractivity contribution >= 4 is 3.21 Å². The van der Waals surface area contributed by atoms with Crippen LogP contribution in [0.4, 0.5) is 0 Å². The molecule has 2 aliphatic carbocycles. The average molecular weight is 676 g/mol. The van der Waals surface area contributed by atoms with Crippen LogP contribution in [0.5, 0.6) is 0 Å². The minimum atomic E-state index is -2.35. The van der Waals surface area contributed by atoms with Crippen LogP contribution in [0.1, 0.15) is 32.3 Å². The third-order valence-corrected chi connectivity index (χ3v) is 15.4. The molecule has 178 valence electrons. The van der Waals surface area contributed by atoms with E-state index in [1.54, 1.807) is 17.6 Å². The van der Waals surface area contributed by atoms with Gasteiger partial charge in [0.15, 0.2) is 0 Å². The summed E-state index contributed by atoms with van der Waals surface area (Å²) in [6.45, 7) is 0. The Morgan fingerprint density at radius 3 is 1.56 bits per heavy atom. The van der Waals surface area contributed by atoms with Crippen LogP contribution < -0.4 is 34.0 Å². The van der Waals surface area contributed by atoms with Gasteiger partial charge in [-0.2, -0.15) is 0 Å². The summed E-state index contributed by atoms with van der Waals surface area (Å²) in [4.78, 5) is 0. The van der Waals surface area contributed by atoms with Crippen molar-refractivity contribution in [1.29, 1.82) is 0 Å². The van der Waals surface area contributed by atoms with Crippen molar-refractivity contribution in [3.05, 3.63) is 153 Å². The van der Waals surface area contributed by atoms with Crippen LogP contribution in [0.2, 0.25) is 0 Å². The topological polar surface area (TPSA) is 0 Å². The first-order chi connectivity index (χ1) is 16.9. The molecular formula is C33H28Br2Zr. The van der Waals surface area contributed by atoms with E-state index < -0.39 is 21.3 Å². The van der Waals surface area contributed by atoms with E-state index in [0.717, 1.165) is 19.3 Å². The van der Waals surface area contributed by atoms with Crippen LogP contribution in [0.15, 0.2) is 131 Å². The summed E-state index contributed by atoms with van der Waals surface area (Å²) in [6.07, 6.45) is 10.4. The molecule has 0 unspecified atom stereocenters. The molecule has 4 aromatic rings. The first kappa shape index (κ1) is 27.1. The van der Waals surface area contributed by atoms with Gasteiger partial charge in [-0.3, -0.25) is 0 Å². The third kappa shape index (κ3) is 5.49. The van der Waals surface area contributed by atoms with Gasteiger partial charge in [0.25, 0.3) is 0 Å². The fraction of sp³-hybridized carbons (Fsp3) is 0.121. The van der Waals surface area contributed by atoms with E-state index in [1.165, 1.54) is 22.3 Å². The molecule has 0 bridgehead atoms. The maximum absolute atomic E-state index is 2.47. The molecule has 0 heterocycles. The van der Waals surface area contributed by atoms with Gasteiger partial charge in [0.1, 0.15) is 0 Å². The molecule has 6 rings (SSSR count). The molecule has 0 saturated heterocycles.